The summed E-state index contributed by atoms with van der Waals surface area (Å²) < 4.78 is 13.7. The van der Waals surface area contributed by atoms with Crippen molar-refractivity contribution in [3.63, 3.8) is 0 Å². The first-order chi connectivity index (χ1) is 8.22. The summed E-state index contributed by atoms with van der Waals surface area (Å²) >= 11 is 3.59. The zero-order chi connectivity index (χ0) is 12.4. The highest BCUT2D eigenvalue weighted by Gasteiger charge is 2.31. The van der Waals surface area contributed by atoms with Crippen LogP contribution in [0.15, 0.2) is 4.47 Å². The minimum atomic E-state index is -0.257. The number of aromatic nitrogens is 2. The summed E-state index contributed by atoms with van der Waals surface area (Å²) in [4.78, 5) is 0. The van der Waals surface area contributed by atoms with E-state index in [-0.39, 0.29) is 12.3 Å². The quantitative estimate of drug-likeness (QED) is 0.866. The van der Waals surface area contributed by atoms with Crippen molar-refractivity contribution in [3.8, 4) is 0 Å². The number of rotatable bonds is 4. The SMILES string of the molecule is CCc1nn2c(c1Br)NCCC2C(OC)OC. The van der Waals surface area contributed by atoms with Crippen molar-refractivity contribution in [3.05, 3.63) is 10.2 Å². The number of ether oxygens (including phenoxy) is 2. The van der Waals surface area contributed by atoms with Crippen LogP contribution in [0.3, 0.4) is 0 Å². The molecule has 2 rings (SSSR count). The van der Waals surface area contributed by atoms with E-state index in [4.69, 9.17) is 9.47 Å². The predicted octanol–water partition coefficient (Wildman–Crippen LogP) is 2.18. The highest BCUT2D eigenvalue weighted by Crippen LogP contribution is 2.35. The van der Waals surface area contributed by atoms with Gasteiger partial charge >= 0.3 is 0 Å². The number of hydrogen-bond donors (Lipinski definition) is 1. The summed E-state index contributed by atoms with van der Waals surface area (Å²) in [6, 6.07) is 0.123. The van der Waals surface area contributed by atoms with Crippen LogP contribution >= 0.6 is 15.9 Å². The van der Waals surface area contributed by atoms with E-state index in [1.165, 1.54) is 0 Å². The Morgan fingerprint density at radius 2 is 2.24 bits per heavy atom. The minimum Gasteiger partial charge on any atom is -0.369 e. The predicted molar refractivity (Wildman–Crippen MR) is 69.3 cm³/mol. The second-order valence-corrected chi connectivity index (χ2v) is 4.82. The molecular weight excluding hydrogens is 286 g/mol. The molecule has 96 valence electrons. The van der Waals surface area contributed by atoms with E-state index in [0.29, 0.717) is 0 Å². The topological polar surface area (TPSA) is 48.3 Å². The number of nitrogens with one attached hydrogen (secondary N) is 1. The van der Waals surface area contributed by atoms with Crippen LogP contribution in [0.25, 0.3) is 0 Å². The summed E-state index contributed by atoms with van der Waals surface area (Å²) in [7, 11) is 3.32. The fraction of sp³-hybridized carbons (Fsp3) is 0.727. The molecule has 0 spiro atoms. The Morgan fingerprint density at radius 3 is 2.82 bits per heavy atom. The number of nitrogens with zero attached hydrogens (tertiary/aromatic N) is 2. The van der Waals surface area contributed by atoms with E-state index in [1.807, 2.05) is 4.68 Å². The molecule has 0 saturated heterocycles. The molecule has 6 heteroatoms. The van der Waals surface area contributed by atoms with E-state index >= 15 is 0 Å². The van der Waals surface area contributed by atoms with Crippen molar-refractivity contribution < 1.29 is 9.47 Å². The highest BCUT2D eigenvalue weighted by atomic mass is 79.9. The van der Waals surface area contributed by atoms with Gasteiger partial charge in [-0.1, -0.05) is 6.92 Å². The van der Waals surface area contributed by atoms with Crippen molar-refractivity contribution in [2.75, 3.05) is 26.1 Å². The Labute approximate surface area is 110 Å². The third-order valence-corrected chi connectivity index (χ3v) is 3.91. The molecule has 1 N–H and O–H groups in total. The maximum Gasteiger partial charge on any atom is 0.179 e. The molecule has 0 bridgehead atoms. The molecule has 5 nitrogen and oxygen atoms in total. The molecule has 1 unspecified atom stereocenters. The Bertz CT molecular complexity index is 390. The van der Waals surface area contributed by atoms with E-state index in [2.05, 4.69) is 33.3 Å². The summed E-state index contributed by atoms with van der Waals surface area (Å²) in [6.07, 6.45) is 1.59. The van der Waals surface area contributed by atoms with Gasteiger partial charge in [0.15, 0.2) is 6.29 Å². The van der Waals surface area contributed by atoms with E-state index < -0.39 is 0 Å². The van der Waals surface area contributed by atoms with Gasteiger partial charge in [0.25, 0.3) is 0 Å². The van der Waals surface area contributed by atoms with Gasteiger partial charge in [-0.15, -0.1) is 0 Å². The fourth-order valence-corrected chi connectivity index (χ4v) is 2.89. The first-order valence-electron chi connectivity index (χ1n) is 5.79. The largest absolute Gasteiger partial charge is 0.369 e. The molecule has 17 heavy (non-hydrogen) atoms. The fourth-order valence-electron chi connectivity index (χ4n) is 2.21. The van der Waals surface area contributed by atoms with E-state index in [9.17, 15) is 0 Å². The molecule has 1 aromatic heterocycles. The lowest BCUT2D eigenvalue weighted by atomic mass is 10.1. The smallest absolute Gasteiger partial charge is 0.179 e. The third-order valence-electron chi connectivity index (χ3n) is 3.08. The lowest BCUT2D eigenvalue weighted by molar-refractivity contribution is -0.135. The van der Waals surface area contributed by atoms with Crippen molar-refractivity contribution >= 4 is 21.7 Å². The molecule has 0 amide bonds. The third kappa shape index (κ3) is 2.21. The summed E-state index contributed by atoms with van der Waals surface area (Å²) in [6.45, 7) is 3.00. The maximum absolute atomic E-state index is 5.35. The molecule has 1 atom stereocenters. The lowest BCUT2D eigenvalue weighted by Crippen LogP contribution is -2.34. The molecule has 0 radical (unpaired) electrons. The van der Waals surface area contributed by atoms with Crippen molar-refractivity contribution in [2.24, 2.45) is 0 Å². The van der Waals surface area contributed by atoms with Crippen LogP contribution in [0.1, 0.15) is 25.1 Å². The average molecular weight is 304 g/mol. The Kier molecular flexibility index (Phi) is 4.06. The van der Waals surface area contributed by atoms with Gasteiger partial charge in [-0.25, -0.2) is 4.68 Å². The number of halogens is 1. The summed E-state index contributed by atoms with van der Waals surface area (Å²) in [5, 5.41) is 7.98. The van der Waals surface area contributed by atoms with E-state index in [0.717, 1.165) is 35.4 Å². The molecule has 1 aliphatic heterocycles. The van der Waals surface area contributed by atoms with Gasteiger partial charge in [0.05, 0.1) is 10.2 Å². The van der Waals surface area contributed by atoms with Gasteiger partial charge in [-0.05, 0) is 28.8 Å². The van der Waals surface area contributed by atoms with Crippen molar-refractivity contribution in [1.29, 1.82) is 0 Å². The van der Waals surface area contributed by atoms with Gasteiger partial charge in [-0.2, -0.15) is 5.10 Å². The molecular formula is C11H18BrN3O2. The summed E-state index contributed by atoms with van der Waals surface area (Å²) in [5.41, 5.74) is 1.06. The summed E-state index contributed by atoms with van der Waals surface area (Å²) in [5.74, 6) is 1.03. The number of methoxy groups -OCH3 is 2. The van der Waals surface area contributed by atoms with Crippen LogP contribution in [0.2, 0.25) is 0 Å². The molecule has 1 aromatic rings. The molecule has 0 fully saturated rings. The first-order valence-corrected chi connectivity index (χ1v) is 6.58. The molecule has 2 heterocycles. The van der Waals surface area contributed by atoms with Gasteiger partial charge in [0.2, 0.25) is 0 Å². The molecule has 1 aliphatic rings. The first kappa shape index (κ1) is 12.9. The van der Waals surface area contributed by atoms with Crippen LogP contribution in [0, 0.1) is 0 Å². The van der Waals surface area contributed by atoms with Gasteiger partial charge in [0, 0.05) is 20.8 Å². The Hall–Kier alpha value is -0.590. The lowest BCUT2D eigenvalue weighted by Gasteiger charge is -2.30. The number of fused-ring (bicyclic) bond motifs is 1. The van der Waals surface area contributed by atoms with Gasteiger partial charge < -0.3 is 14.8 Å². The number of anilines is 1. The van der Waals surface area contributed by atoms with Crippen LogP contribution in [0.5, 0.6) is 0 Å². The Morgan fingerprint density at radius 1 is 1.53 bits per heavy atom. The van der Waals surface area contributed by atoms with Gasteiger partial charge in [-0.3, -0.25) is 0 Å². The number of aryl methyl sites for hydroxylation is 1. The maximum atomic E-state index is 5.35. The molecule has 0 aromatic carbocycles. The van der Waals surface area contributed by atoms with Crippen LogP contribution in [-0.2, 0) is 15.9 Å². The highest BCUT2D eigenvalue weighted by molar-refractivity contribution is 9.10. The second-order valence-electron chi connectivity index (χ2n) is 4.03. The van der Waals surface area contributed by atoms with Crippen LogP contribution in [0.4, 0.5) is 5.82 Å². The standard InChI is InChI=1S/C11H18BrN3O2/c1-4-7-9(12)10-13-6-5-8(15(10)14-7)11(16-2)17-3/h8,11,13H,4-6H2,1-3H3. The zero-order valence-corrected chi connectivity index (χ0v) is 12.0. The van der Waals surface area contributed by atoms with Crippen LogP contribution < -0.4 is 5.32 Å². The number of hydrogen-bond acceptors (Lipinski definition) is 4. The van der Waals surface area contributed by atoms with Crippen molar-refractivity contribution in [2.45, 2.75) is 32.1 Å². The average Bonchev–Trinajstić information content (AvgIpc) is 2.69. The monoisotopic (exact) mass is 303 g/mol. The van der Waals surface area contributed by atoms with Gasteiger partial charge in [0.1, 0.15) is 11.9 Å². The van der Waals surface area contributed by atoms with Crippen LogP contribution in [-0.4, -0.2) is 36.8 Å². The normalized spacial score (nSPS) is 19.2. The zero-order valence-electron chi connectivity index (χ0n) is 10.4. The molecule has 0 saturated carbocycles. The molecule has 0 aliphatic carbocycles. The second kappa shape index (κ2) is 5.37. The Balaban J connectivity index is 2.37. The minimum absolute atomic E-state index is 0.123. The van der Waals surface area contributed by atoms with E-state index in [1.54, 1.807) is 14.2 Å². The van der Waals surface area contributed by atoms with Crippen molar-refractivity contribution in [1.82, 2.24) is 9.78 Å².